The Morgan fingerprint density at radius 2 is 2.41 bits per heavy atom. The average molecular weight is 252 g/mol. The van der Waals surface area contributed by atoms with Crippen LogP contribution < -0.4 is 10.1 Å². The van der Waals surface area contributed by atoms with Crippen molar-refractivity contribution in [1.82, 2.24) is 4.98 Å². The average Bonchev–Trinajstić information content (AvgIpc) is 2.69. The van der Waals surface area contributed by atoms with Crippen molar-refractivity contribution in [3.8, 4) is 5.75 Å². The number of benzene rings is 1. The Balaban J connectivity index is 2.49. The summed E-state index contributed by atoms with van der Waals surface area (Å²) >= 11 is 1.17. The number of fused-ring (bicyclic) bond motifs is 1. The van der Waals surface area contributed by atoms with Crippen molar-refractivity contribution in [2.75, 3.05) is 12.4 Å². The lowest BCUT2D eigenvalue weighted by Crippen LogP contribution is -2.06. The minimum Gasteiger partial charge on any atom is -0.494 e. The van der Waals surface area contributed by atoms with Crippen LogP contribution in [-0.4, -0.2) is 18.0 Å². The molecule has 17 heavy (non-hydrogen) atoms. The number of ether oxygens (including phenoxy) is 1. The normalized spacial score (nSPS) is 10.2. The molecule has 0 unspecified atom stereocenters. The number of carbonyl (C=O) groups excluding carboxylic acids is 1. The van der Waals surface area contributed by atoms with E-state index in [4.69, 9.17) is 4.74 Å². The molecule has 0 fully saturated rings. The number of thiazole rings is 1. The zero-order chi connectivity index (χ0) is 12.4. The summed E-state index contributed by atoms with van der Waals surface area (Å²) in [6.07, 6.45) is 1.14. The fraction of sp³-hybridized carbons (Fsp3) is 0.0909. The molecule has 2 rings (SSSR count). The number of halogens is 1. The zero-order valence-electron chi connectivity index (χ0n) is 8.99. The van der Waals surface area contributed by atoms with Crippen LogP contribution in [0.15, 0.2) is 24.8 Å². The van der Waals surface area contributed by atoms with Gasteiger partial charge in [-0.25, -0.2) is 9.37 Å². The molecule has 1 aromatic carbocycles. The van der Waals surface area contributed by atoms with E-state index in [9.17, 15) is 9.18 Å². The fourth-order valence-electron chi connectivity index (χ4n) is 1.33. The summed E-state index contributed by atoms with van der Waals surface area (Å²) in [6, 6.07) is 2.60. The molecule has 1 N–H and O–H groups in total. The number of rotatable bonds is 3. The molecule has 1 aromatic heterocycles. The Labute approximate surface area is 101 Å². The number of methoxy groups -OCH3 is 1. The Hall–Kier alpha value is -1.95. The van der Waals surface area contributed by atoms with Gasteiger partial charge in [0, 0.05) is 6.07 Å². The molecule has 2 aromatic rings. The number of amides is 1. The highest BCUT2D eigenvalue weighted by Gasteiger charge is 2.11. The first-order valence-corrected chi connectivity index (χ1v) is 5.53. The molecule has 0 aliphatic heterocycles. The second-order valence-corrected chi connectivity index (χ2v) is 4.20. The van der Waals surface area contributed by atoms with Gasteiger partial charge in [-0.1, -0.05) is 17.9 Å². The van der Waals surface area contributed by atoms with Crippen molar-refractivity contribution in [3.05, 3.63) is 30.6 Å². The van der Waals surface area contributed by atoms with Crippen LogP contribution in [0.1, 0.15) is 0 Å². The number of nitrogens with zero attached hydrogens (tertiary/aromatic N) is 1. The van der Waals surface area contributed by atoms with Gasteiger partial charge in [0.2, 0.25) is 5.91 Å². The van der Waals surface area contributed by atoms with E-state index >= 15 is 0 Å². The molecule has 1 amide bonds. The van der Waals surface area contributed by atoms with Crippen LogP contribution in [0.5, 0.6) is 5.75 Å². The lowest BCUT2D eigenvalue weighted by Gasteiger charge is -1.99. The van der Waals surface area contributed by atoms with Crippen molar-refractivity contribution in [2.24, 2.45) is 0 Å². The highest BCUT2D eigenvalue weighted by molar-refractivity contribution is 7.22. The van der Waals surface area contributed by atoms with Gasteiger partial charge >= 0.3 is 0 Å². The van der Waals surface area contributed by atoms with E-state index in [1.54, 1.807) is 0 Å². The van der Waals surface area contributed by atoms with Gasteiger partial charge in [0.25, 0.3) is 0 Å². The summed E-state index contributed by atoms with van der Waals surface area (Å²) in [5, 5.41) is 2.91. The number of aromatic nitrogens is 1. The maximum absolute atomic E-state index is 13.2. The molecule has 0 aliphatic rings. The molecule has 0 radical (unpaired) electrons. The lowest BCUT2D eigenvalue weighted by molar-refractivity contribution is -0.111. The third kappa shape index (κ3) is 2.26. The molecule has 0 bridgehead atoms. The molecule has 0 spiro atoms. The minimum atomic E-state index is -0.403. The van der Waals surface area contributed by atoms with E-state index in [1.807, 2.05) is 0 Å². The molecule has 88 valence electrons. The summed E-state index contributed by atoms with van der Waals surface area (Å²) in [5.74, 6) is -0.418. The quantitative estimate of drug-likeness (QED) is 0.854. The SMILES string of the molecule is C=CC(=O)Nc1nc2c(OC)cc(F)cc2s1. The van der Waals surface area contributed by atoms with Gasteiger partial charge < -0.3 is 4.74 Å². The highest BCUT2D eigenvalue weighted by Crippen LogP contribution is 2.33. The van der Waals surface area contributed by atoms with E-state index < -0.39 is 5.82 Å². The number of nitrogens with one attached hydrogen (secondary N) is 1. The summed E-state index contributed by atoms with van der Waals surface area (Å²) in [5.41, 5.74) is 0.526. The van der Waals surface area contributed by atoms with E-state index in [0.29, 0.717) is 21.1 Å². The predicted molar refractivity (Wildman–Crippen MR) is 65.0 cm³/mol. The van der Waals surface area contributed by atoms with Crippen LogP contribution in [0.3, 0.4) is 0 Å². The van der Waals surface area contributed by atoms with Gasteiger partial charge in [-0.2, -0.15) is 0 Å². The Morgan fingerprint density at radius 3 is 3.06 bits per heavy atom. The van der Waals surface area contributed by atoms with Crippen molar-refractivity contribution in [1.29, 1.82) is 0 Å². The van der Waals surface area contributed by atoms with Crippen molar-refractivity contribution in [3.63, 3.8) is 0 Å². The minimum absolute atomic E-state index is 0.343. The van der Waals surface area contributed by atoms with Gasteiger partial charge in [0.15, 0.2) is 5.13 Å². The lowest BCUT2D eigenvalue weighted by atomic mass is 10.3. The second-order valence-electron chi connectivity index (χ2n) is 3.17. The number of anilines is 1. The van der Waals surface area contributed by atoms with Gasteiger partial charge in [-0.15, -0.1) is 0 Å². The van der Waals surface area contributed by atoms with E-state index in [-0.39, 0.29) is 5.91 Å². The molecule has 6 heteroatoms. The smallest absolute Gasteiger partial charge is 0.249 e. The van der Waals surface area contributed by atoms with Crippen molar-refractivity contribution >= 4 is 32.6 Å². The van der Waals surface area contributed by atoms with Gasteiger partial charge in [-0.05, 0) is 12.1 Å². The van der Waals surface area contributed by atoms with E-state index in [0.717, 1.165) is 6.08 Å². The van der Waals surface area contributed by atoms with E-state index in [2.05, 4.69) is 16.9 Å². The Bertz CT molecular complexity index is 594. The Morgan fingerprint density at radius 1 is 1.65 bits per heavy atom. The first-order valence-electron chi connectivity index (χ1n) is 4.71. The summed E-state index contributed by atoms with van der Waals surface area (Å²) in [7, 11) is 1.44. The summed E-state index contributed by atoms with van der Waals surface area (Å²) in [4.78, 5) is 15.3. The van der Waals surface area contributed by atoms with Gasteiger partial charge in [-0.3, -0.25) is 10.1 Å². The number of hydrogen-bond acceptors (Lipinski definition) is 4. The van der Waals surface area contributed by atoms with Gasteiger partial charge in [0.05, 0.1) is 11.8 Å². The topological polar surface area (TPSA) is 51.2 Å². The van der Waals surface area contributed by atoms with E-state index in [1.165, 1.54) is 30.6 Å². The predicted octanol–water partition coefficient (Wildman–Crippen LogP) is 2.57. The van der Waals surface area contributed by atoms with Crippen LogP contribution in [0.4, 0.5) is 9.52 Å². The molecule has 0 atom stereocenters. The van der Waals surface area contributed by atoms with Crippen LogP contribution in [0.25, 0.3) is 10.2 Å². The standard InChI is InChI=1S/C11H9FN2O2S/c1-3-9(15)13-11-14-10-7(16-2)4-6(12)5-8(10)17-11/h3-5H,1H2,2H3,(H,13,14,15). The molecular weight excluding hydrogens is 243 g/mol. The second kappa shape index (κ2) is 4.50. The Kier molecular flexibility index (Phi) is 3.06. The van der Waals surface area contributed by atoms with Crippen molar-refractivity contribution in [2.45, 2.75) is 0 Å². The maximum Gasteiger partial charge on any atom is 0.249 e. The maximum atomic E-state index is 13.2. The third-order valence-corrected chi connectivity index (χ3v) is 2.98. The molecule has 0 saturated heterocycles. The first-order chi connectivity index (χ1) is 8.13. The number of carbonyl (C=O) groups is 1. The molecule has 4 nitrogen and oxygen atoms in total. The summed E-state index contributed by atoms with van der Waals surface area (Å²) in [6.45, 7) is 3.34. The van der Waals surface area contributed by atoms with Crippen LogP contribution in [0, 0.1) is 5.82 Å². The fourth-order valence-corrected chi connectivity index (χ4v) is 2.24. The monoisotopic (exact) mass is 252 g/mol. The highest BCUT2D eigenvalue weighted by atomic mass is 32.1. The molecule has 0 saturated carbocycles. The molecule has 0 aliphatic carbocycles. The van der Waals surface area contributed by atoms with Gasteiger partial charge in [0.1, 0.15) is 17.1 Å². The number of hydrogen-bond donors (Lipinski definition) is 1. The summed E-state index contributed by atoms with van der Waals surface area (Å²) < 4.78 is 18.9. The molecule has 1 heterocycles. The zero-order valence-corrected chi connectivity index (χ0v) is 9.81. The third-order valence-electron chi connectivity index (χ3n) is 2.06. The largest absolute Gasteiger partial charge is 0.494 e. The van der Waals surface area contributed by atoms with Crippen LogP contribution in [0.2, 0.25) is 0 Å². The van der Waals surface area contributed by atoms with Crippen LogP contribution >= 0.6 is 11.3 Å². The van der Waals surface area contributed by atoms with Crippen molar-refractivity contribution < 1.29 is 13.9 Å². The van der Waals surface area contributed by atoms with Crippen LogP contribution in [-0.2, 0) is 4.79 Å². The molecular formula is C11H9FN2O2S. The first kappa shape index (κ1) is 11.5.